The summed E-state index contributed by atoms with van der Waals surface area (Å²) >= 11 is 0. The minimum absolute atomic E-state index is 0.0133. The van der Waals surface area contributed by atoms with Crippen molar-refractivity contribution in [1.82, 2.24) is 10.6 Å². The Hall–Kier alpha value is -3.35. The predicted molar refractivity (Wildman–Crippen MR) is 94.6 cm³/mol. The number of rotatable bonds is 6. The molecule has 0 bridgehead atoms. The first-order chi connectivity index (χ1) is 12.5. The molecule has 0 heterocycles. The Morgan fingerprint density at radius 2 is 1.65 bits per heavy atom. The molecule has 0 saturated heterocycles. The van der Waals surface area contributed by atoms with E-state index in [-0.39, 0.29) is 6.42 Å². The molecular weight excluding hydrogens is 336 g/mol. The van der Waals surface area contributed by atoms with Crippen molar-refractivity contribution in [2.24, 2.45) is 0 Å². The van der Waals surface area contributed by atoms with Crippen LogP contribution in [0.15, 0.2) is 54.6 Å². The summed E-state index contributed by atoms with van der Waals surface area (Å²) < 4.78 is 10.4. The van der Waals surface area contributed by atoms with Crippen molar-refractivity contribution in [2.45, 2.75) is 12.5 Å². The Balaban J connectivity index is 2.10. The lowest BCUT2D eigenvalue weighted by Gasteiger charge is -2.17. The summed E-state index contributed by atoms with van der Waals surface area (Å²) in [6, 6.07) is 14.8. The van der Waals surface area contributed by atoms with Gasteiger partial charge in [-0.1, -0.05) is 42.5 Å². The molecule has 2 aromatic carbocycles. The molecule has 0 spiro atoms. The number of carbonyl (C=O) groups is 3. The second-order valence-corrected chi connectivity index (χ2v) is 5.37. The van der Waals surface area contributed by atoms with Crippen LogP contribution in [0.4, 0.5) is 4.79 Å². The van der Waals surface area contributed by atoms with E-state index in [0.717, 1.165) is 0 Å². The molecule has 0 aliphatic rings. The van der Waals surface area contributed by atoms with Gasteiger partial charge in [-0.25, -0.2) is 4.79 Å². The highest BCUT2D eigenvalue weighted by Gasteiger charge is 2.26. The Kier molecular flexibility index (Phi) is 6.73. The number of amides is 3. The Morgan fingerprint density at radius 3 is 2.23 bits per heavy atom. The van der Waals surface area contributed by atoms with Crippen LogP contribution in [0, 0.1) is 0 Å². The summed E-state index contributed by atoms with van der Waals surface area (Å²) in [6.45, 7) is 0. The van der Waals surface area contributed by atoms with E-state index in [1.165, 1.54) is 7.05 Å². The number of methoxy groups -OCH3 is 1. The summed E-state index contributed by atoms with van der Waals surface area (Å²) in [4.78, 5) is 36.0. The predicted octanol–water partition coefficient (Wildman–Crippen LogP) is 1.98. The van der Waals surface area contributed by atoms with Crippen molar-refractivity contribution >= 4 is 17.9 Å². The third-order valence-electron chi connectivity index (χ3n) is 3.56. The Bertz CT molecular complexity index is 759. The second kappa shape index (κ2) is 9.22. The standard InChI is InChI=1S/C19H20N2O5/c1-20-19(24)21-18(23)17(14-6-4-3-5-7-14)26-16(22)12-13-8-10-15(25-2)11-9-13/h3-11,17H,12H2,1-2H3,(H2,20,21,23,24)/t17-/m0/s1. The number of nitrogens with one attached hydrogen (secondary N) is 2. The van der Waals surface area contributed by atoms with Gasteiger partial charge in [-0.15, -0.1) is 0 Å². The number of ether oxygens (including phenoxy) is 2. The first-order valence-electron chi connectivity index (χ1n) is 7.93. The van der Waals surface area contributed by atoms with Gasteiger partial charge in [0.15, 0.2) is 0 Å². The molecule has 0 radical (unpaired) electrons. The fraction of sp³-hybridized carbons (Fsp3) is 0.211. The van der Waals surface area contributed by atoms with Gasteiger partial charge in [0.25, 0.3) is 5.91 Å². The quantitative estimate of drug-likeness (QED) is 0.772. The average molecular weight is 356 g/mol. The van der Waals surface area contributed by atoms with Crippen LogP contribution in [0.25, 0.3) is 0 Å². The zero-order chi connectivity index (χ0) is 18.9. The van der Waals surface area contributed by atoms with Gasteiger partial charge < -0.3 is 14.8 Å². The molecule has 0 aliphatic heterocycles. The molecule has 1 atom stereocenters. The molecule has 2 N–H and O–H groups in total. The number of esters is 1. The van der Waals surface area contributed by atoms with Gasteiger partial charge in [-0.2, -0.15) is 0 Å². The third kappa shape index (κ3) is 5.34. The SMILES string of the molecule is CNC(=O)NC(=O)[C@@H](OC(=O)Cc1ccc(OC)cc1)c1ccccc1. The van der Waals surface area contributed by atoms with E-state index in [2.05, 4.69) is 10.6 Å². The van der Waals surface area contributed by atoms with E-state index < -0.39 is 24.0 Å². The van der Waals surface area contributed by atoms with Crippen molar-refractivity contribution in [1.29, 1.82) is 0 Å². The van der Waals surface area contributed by atoms with Crippen molar-refractivity contribution in [3.05, 3.63) is 65.7 Å². The van der Waals surface area contributed by atoms with Gasteiger partial charge >= 0.3 is 12.0 Å². The molecule has 3 amide bonds. The minimum Gasteiger partial charge on any atom is -0.497 e. The summed E-state index contributed by atoms with van der Waals surface area (Å²) in [5.74, 6) is -0.635. The molecule has 7 heteroatoms. The first-order valence-corrected chi connectivity index (χ1v) is 7.93. The van der Waals surface area contributed by atoms with Gasteiger partial charge in [0.2, 0.25) is 6.10 Å². The van der Waals surface area contributed by atoms with E-state index in [1.54, 1.807) is 61.7 Å². The largest absolute Gasteiger partial charge is 0.497 e. The van der Waals surface area contributed by atoms with Crippen LogP contribution in [-0.4, -0.2) is 32.1 Å². The number of imide groups is 1. The average Bonchev–Trinajstić information content (AvgIpc) is 2.67. The van der Waals surface area contributed by atoms with Gasteiger partial charge in [0.05, 0.1) is 13.5 Å². The molecule has 0 aliphatic carbocycles. The van der Waals surface area contributed by atoms with Crippen LogP contribution >= 0.6 is 0 Å². The number of hydrogen-bond acceptors (Lipinski definition) is 5. The number of benzene rings is 2. The number of carbonyl (C=O) groups excluding carboxylic acids is 3. The summed E-state index contributed by atoms with van der Waals surface area (Å²) in [5.41, 5.74) is 1.19. The zero-order valence-electron chi connectivity index (χ0n) is 14.5. The molecule has 0 unspecified atom stereocenters. The van der Waals surface area contributed by atoms with E-state index in [1.807, 2.05) is 0 Å². The molecule has 0 fully saturated rings. The molecule has 26 heavy (non-hydrogen) atoms. The fourth-order valence-electron chi connectivity index (χ4n) is 2.22. The Labute approximate surface area is 151 Å². The van der Waals surface area contributed by atoms with Crippen LogP contribution in [-0.2, 0) is 20.7 Å². The van der Waals surface area contributed by atoms with E-state index in [9.17, 15) is 14.4 Å². The number of urea groups is 1. The number of hydrogen-bond donors (Lipinski definition) is 2. The summed E-state index contributed by atoms with van der Waals surface area (Å²) in [7, 11) is 2.94. The third-order valence-corrected chi connectivity index (χ3v) is 3.56. The van der Waals surface area contributed by atoms with Gasteiger partial charge in [0.1, 0.15) is 5.75 Å². The van der Waals surface area contributed by atoms with E-state index in [4.69, 9.17) is 9.47 Å². The maximum atomic E-state index is 12.3. The molecule has 2 rings (SSSR count). The van der Waals surface area contributed by atoms with Crippen LogP contribution in [0.2, 0.25) is 0 Å². The van der Waals surface area contributed by atoms with Crippen LogP contribution in [0.5, 0.6) is 5.75 Å². The van der Waals surface area contributed by atoms with Crippen molar-refractivity contribution in [2.75, 3.05) is 14.2 Å². The van der Waals surface area contributed by atoms with Crippen LogP contribution < -0.4 is 15.4 Å². The summed E-state index contributed by atoms with van der Waals surface area (Å²) in [6.07, 6.45) is -1.24. The molecule has 2 aromatic rings. The lowest BCUT2D eigenvalue weighted by atomic mass is 10.1. The van der Waals surface area contributed by atoms with Gasteiger partial charge in [-0.3, -0.25) is 14.9 Å². The molecule has 0 saturated carbocycles. The monoisotopic (exact) mass is 356 g/mol. The van der Waals surface area contributed by atoms with Crippen LogP contribution in [0.1, 0.15) is 17.2 Å². The highest BCUT2D eigenvalue weighted by atomic mass is 16.5. The van der Waals surface area contributed by atoms with E-state index in [0.29, 0.717) is 16.9 Å². The van der Waals surface area contributed by atoms with Gasteiger partial charge in [0, 0.05) is 12.6 Å². The van der Waals surface area contributed by atoms with Crippen molar-refractivity contribution in [3.63, 3.8) is 0 Å². The van der Waals surface area contributed by atoms with Crippen molar-refractivity contribution < 1.29 is 23.9 Å². The highest BCUT2D eigenvalue weighted by Crippen LogP contribution is 2.19. The molecular formula is C19H20N2O5. The second-order valence-electron chi connectivity index (χ2n) is 5.37. The smallest absolute Gasteiger partial charge is 0.321 e. The Morgan fingerprint density at radius 1 is 1.00 bits per heavy atom. The molecule has 0 aromatic heterocycles. The minimum atomic E-state index is -1.22. The van der Waals surface area contributed by atoms with E-state index >= 15 is 0 Å². The fourth-order valence-corrected chi connectivity index (χ4v) is 2.22. The zero-order valence-corrected chi connectivity index (χ0v) is 14.5. The molecule has 136 valence electrons. The van der Waals surface area contributed by atoms with Crippen LogP contribution in [0.3, 0.4) is 0 Å². The van der Waals surface area contributed by atoms with Gasteiger partial charge in [-0.05, 0) is 17.7 Å². The maximum Gasteiger partial charge on any atom is 0.321 e. The normalized spacial score (nSPS) is 11.2. The lowest BCUT2D eigenvalue weighted by Crippen LogP contribution is -2.41. The summed E-state index contributed by atoms with van der Waals surface area (Å²) in [5, 5.41) is 4.41. The first kappa shape index (κ1) is 19.0. The van der Waals surface area contributed by atoms with Crippen molar-refractivity contribution in [3.8, 4) is 5.75 Å². The maximum absolute atomic E-state index is 12.3. The molecule has 7 nitrogen and oxygen atoms in total. The highest BCUT2D eigenvalue weighted by molar-refractivity contribution is 5.97. The topological polar surface area (TPSA) is 93.7 Å². The lowest BCUT2D eigenvalue weighted by molar-refractivity contribution is -0.155.